The van der Waals surface area contributed by atoms with E-state index in [1.54, 1.807) is 31.2 Å². The van der Waals surface area contributed by atoms with Crippen molar-refractivity contribution in [3.63, 3.8) is 0 Å². The summed E-state index contributed by atoms with van der Waals surface area (Å²) in [4.78, 5) is 0. The first-order valence-electron chi connectivity index (χ1n) is 4.96. The van der Waals surface area contributed by atoms with E-state index in [0.717, 1.165) is 0 Å². The molecule has 5 heteroatoms. The maximum Gasteiger partial charge on any atom is 0.163 e. The molecule has 0 spiro atoms. The Bertz CT molecular complexity index is 572. The van der Waals surface area contributed by atoms with Crippen molar-refractivity contribution in [1.29, 1.82) is 5.26 Å². The molecule has 17 heavy (non-hydrogen) atoms. The fourth-order valence-electron chi connectivity index (χ4n) is 1.28. The van der Waals surface area contributed by atoms with Gasteiger partial charge in [0.05, 0.1) is 0 Å². The molecule has 0 unspecified atom stereocenters. The first kappa shape index (κ1) is 11.0. The molecule has 84 valence electrons. The second kappa shape index (κ2) is 4.58. The number of nitrogens with one attached hydrogen (secondary N) is 1. The van der Waals surface area contributed by atoms with Crippen LogP contribution in [0, 0.1) is 24.1 Å². The van der Waals surface area contributed by atoms with Crippen LogP contribution in [0.3, 0.4) is 0 Å². The molecule has 0 bridgehead atoms. The predicted molar refractivity (Wildman–Crippen MR) is 61.2 cm³/mol. The van der Waals surface area contributed by atoms with Crippen LogP contribution in [0.1, 0.15) is 11.3 Å². The van der Waals surface area contributed by atoms with Gasteiger partial charge in [-0.1, -0.05) is 6.07 Å². The molecular weight excluding hydrogens is 219 g/mol. The van der Waals surface area contributed by atoms with Gasteiger partial charge in [-0.2, -0.15) is 5.26 Å². The highest BCUT2D eigenvalue weighted by atomic mass is 19.1. The number of anilines is 2. The summed E-state index contributed by atoms with van der Waals surface area (Å²) >= 11 is 0. The van der Waals surface area contributed by atoms with Crippen molar-refractivity contribution in [1.82, 2.24) is 10.2 Å². The zero-order chi connectivity index (χ0) is 12.3. The van der Waals surface area contributed by atoms with Gasteiger partial charge in [0, 0.05) is 5.69 Å². The predicted octanol–water partition coefficient (Wildman–Crippen LogP) is 2.54. The molecule has 0 aliphatic rings. The summed E-state index contributed by atoms with van der Waals surface area (Å²) in [5.41, 5.74) is 1.42. The van der Waals surface area contributed by atoms with Gasteiger partial charge in [-0.3, -0.25) is 0 Å². The molecule has 2 rings (SSSR count). The van der Waals surface area contributed by atoms with E-state index >= 15 is 0 Å². The third kappa shape index (κ3) is 2.55. The number of aromatic nitrogens is 2. The molecule has 0 saturated heterocycles. The molecule has 0 saturated carbocycles. The van der Waals surface area contributed by atoms with E-state index in [9.17, 15) is 4.39 Å². The Labute approximate surface area is 97.7 Å². The maximum atomic E-state index is 13.3. The lowest BCUT2D eigenvalue weighted by molar-refractivity contribution is 0.619. The fourth-order valence-corrected chi connectivity index (χ4v) is 1.28. The molecule has 0 radical (unpaired) electrons. The Kier molecular flexibility index (Phi) is 2.97. The van der Waals surface area contributed by atoms with Crippen LogP contribution in [-0.4, -0.2) is 10.2 Å². The van der Waals surface area contributed by atoms with Crippen molar-refractivity contribution >= 4 is 11.5 Å². The summed E-state index contributed by atoms with van der Waals surface area (Å²) in [7, 11) is 0. The van der Waals surface area contributed by atoms with Crippen molar-refractivity contribution in [3.05, 3.63) is 47.4 Å². The summed E-state index contributed by atoms with van der Waals surface area (Å²) in [5.74, 6) is 0.184. The van der Waals surface area contributed by atoms with Crippen molar-refractivity contribution < 1.29 is 4.39 Å². The molecule has 0 fully saturated rings. The Morgan fingerprint density at radius 2 is 2.06 bits per heavy atom. The average molecular weight is 228 g/mol. The van der Waals surface area contributed by atoms with E-state index in [2.05, 4.69) is 15.5 Å². The van der Waals surface area contributed by atoms with E-state index in [1.165, 1.54) is 6.07 Å². The lowest BCUT2D eigenvalue weighted by Gasteiger charge is -2.05. The smallest absolute Gasteiger partial charge is 0.163 e. The van der Waals surface area contributed by atoms with Crippen LogP contribution < -0.4 is 5.32 Å². The summed E-state index contributed by atoms with van der Waals surface area (Å²) in [6.45, 7) is 1.70. The van der Waals surface area contributed by atoms with Gasteiger partial charge in [-0.25, -0.2) is 4.39 Å². The van der Waals surface area contributed by atoms with Crippen LogP contribution in [-0.2, 0) is 0 Å². The van der Waals surface area contributed by atoms with Gasteiger partial charge in [0.2, 0.25) is 0 Å². The molecule has 1 N–H and O–H groups in total. The molecule has 0 atom stereocenters. The van der Waals surface area contributed by atoms with Crippen molar-refractivity contribution in [2.75, 3.05) is 5.32 Å². The molecule has 1 aromatic carbocycles. The molecule has 0 aliphatic carbocycles. The van der Waals surface area contributed by atoms with Crippen LogP contribution in [0.5, 0.6) is 0 Å². The molecule has 1 heterocycles. The fraction of sp³-hybridized carbons (Fsp3) is 0.0833. The molecule has 1 aromatic heterocycles. The summed E-state index contributed by atoms with van der Waals surface area (Å²) in [5, 5.41) is 18.9. The quantitative estimate of drug-likeness (QED) is 0.857. The van der Waals surface area contributed by atoms with Crippen molar-refractivity contribution in [2.24, 2.45) is 0 Å². The summed E-state index contributed by atoms with van der Waals surface area (Å²) in [6.07, 6.45) is 0. The summed E-state index contributed by atoms with van der Waals surface area (Å²) in [6, 6.07) is 9.84. The van der Waals surface area contributed by atoms with Gasteiger partial charge < -0.3 is 5.32 Å². The Morgan fingerprint density at radius 1 is 1.24 bits per heavy atom. The van der Waals surface area contributed by atoms with Crippen LogP contribution in [0.15, 0.2) is 30.3 Å². The molecular formula is C12H9FN4. The van der Waals surface area contributed by atoms with Crippen LogP contribution in [0.25, 0.3) is 0 Å². The van der Waals surface area contributed by atoms with E-state index < -0.39 is 0 Å². The average Bonchev–Trinajstić information content (AvgIpc) is 2.35. The van der Waals surface area contributed by atoms with Gasteiger partial charge in [0.25, 0.3) is 0 Å². The van der Waals surface area contributed by atoms with E-state index in [4.69, 9.17) is 5.26 Å². The standard InChI is InChI=1S/C12H9FN4/c1-8-2-3-9(6-11(8)13)15-12-5-4-10(7-14)16-17-12/h2-6H,1H3,(H,15,17). The zero-order valence-electron chi connectivity index (χ0n) is 9.11. The highest BCUT2D eigenvalue weighted by Crippen LogP contribution is 2.17. The highest BCUT2D eigenvalue weighted by molar-refractivity contribution is 5.56. The second-order valence-electron chi connectivity index (χ2n) is 3.50. The van der Waals surface area contributed by atoms with Gasteiger partial charge in [-0.15, -0.1) is 10.2 Å². The number of rotatable bonds is 2. The summed E-state index contributed by atoms with van der Waals surface area (Å²) < 4.78 is 13.3. The molecule has 0 amide bonds. The van der Waals surface area contributed by atoms with Gasteiger partial charge >= 0.3 is 0 Å². The number of hydrogen-bond acceptors (Lipinski definition) is 4. The molecule has 0 aliphatic heterocycles. The minimum absolute atomic E-state index is 0.241. The number of halogens is 1. The van der Waals surface area contributed by atoms with Crippen molar-refractivity contribution in [3.8, 4) is 6.07 Å². The topological polar surface area (TPSA) is 61.6 Å². The third-order valence-electron chi connectivity index (χ3n) is 2.22. The van der Waals surface area contributed by atoms with Crippen LogP contribution in [0.2, 0.25) is 0 Å². The zero-order valence-corrected chi connectivity index (χ0v) is 9.11. The van der Waals surface area contributed by atoms with Gasteiger partial charge in [-0.05, 0) is 36.8 Å². The van der Waals surface area contributed by atoms with Gasteiger partial charge in [0.15, 0.2) is 11.5 Å². The lowest BCUT2D eigenvalue weighted by Crippen LogP contribution is -1.97. The van der Waals surface area contributed by atoms with Crippen LogP contribution in [0.4, 0.5) is 15.9 Å². The van der Waals surface area contributed by atoms with Crippen LogP contribution >= 0.6 is 0 Å². The Balaban J connectivity index is 2.20. The van der Waals surface area contributed by atoms with E-state index in [-0.39, 0.29) is 11.5 Å². The number of benzene rings is 1. The van der Waals surface area contributed by atoms with E-state index in [1.807, 2.05) is 6.07 Å². The molecule has 2 aromatic rings. The minimum Gasteiger partial charge on any atom is -0.339 e. The largest absolute Gasteiger partial charge is 0.339 e. The van der Waals surface area contributed by atoms with Gasteiger partial charge in [0.1, 0.15) is 11.9 Å². The third-order valence-corrected chi connectivity index (χ3v) is 2.22. The SMILES string of the molecule is Cc1ccc(Nc2ccc(C#N)nn2)cc1F. The first-order valence-corrected chi connectivity index (χ1v) is 4.96. The number of nitrogens with zero attached hydrogens (tertiary/aromatic N) is 3. The number of aryl methyl sites for hydroxylation is 1. The van der Waals surface area contributed by atoms with Crippen molar-refractivity contribution in [2.45, 2.75) is 6.92 Å². The normalized spacial score (nSPS) is 9.71. The lowest BCUT2D eigenvalue weighted by atomic mass is 10.2. The Hall–Kier alpha value is -2.48. The highest BCUT2D eigenvalue weighted by Gasteiger charge is 2.01. The first-order chi connectivity index (χ1) is 8.19. The number of hydrogen-bond donors (Lipinski definition) is 1. The Morgan fingerprint density at radius 3 is 2.65 bits per heavy atom. The van der Waals surface area contributed by atoms with E-state index in [0.29, 0.717) is 17.1 Å². The maximum absolute atomic E-state index is 13.3. The molecule has 4 nitrogen and oxygen atoms in total. The monoisotopic (exact) mass is 228 g/mol. The number of nitriles is 1. The second-order valence-corrected chi connectivity index (χ2v) is 3.50. The minimum atomic E-state index is -0.281.